The number of amides is 1. The highest BCUT2D eigenvalue weighted by Gasteiger charge is 2.59. The van der Waals surface area contributed by atoms with Crippen LogP contribution in [-0.4, -0.2) is 65.2 Å². The highest BCUT2D eigenvalue weighted by molar-refractivity contribution is 7.44. The summed E-state index contributed by atoms with van der Waals surface area (Å²) in [5.41, 5.74) is 3.44. The van der Waals surface area contributed by atoms with E-state index in [9.17, 15) is 4.79 Å². The molecule has 1 aliphatic heterocycles. The maximum absolute atomic E-state index is 13.5. The number of carbonyl (C=O) groups excluding carboxylic acids is 1. The molecule has 53 heavy (non-hydrogen) atoms. The first-order chi connectivity index (χ1) is 25.2. The SMILES string of the molecule is CC[C@@H]1C[C@@H](OP(OCCC#N)N(C(C)C)C(C)C)CN1C(=O)CO/N=C1\CC[C@@]2(C)C(=CC[C@H]3[C@@H]4CC[C@H]([C@H](C)CCCC(C)C)[C@@]4(C)CC[C@@H]32)C1. The van der Waals surface area contributed by atoms with Gasteiger partial charge < -0.3 is 18.8 Å². The van der Waals surface area contributed by atoms with Crippen LogP contribution in [0.2, 0.25) is 0 Å². The van der Waals surface area contributed by atoms with Gasteiger partial charge in [0.2, 0.25) is 0 Å². The molecule has 0 radical (unpaired) electrons. The molecule has 0 aromatic heterocycles. The molecule has 5 aliphatic rings. The summed E-state index contributed by atoms with van der Waals surface area (Å²) in [5.74, 6) is 4.99. The largest absolute Gasteiger partial charge is 0.386 e. The first-order valence-corrected chi connectivity index (χ1v) is 22.8. The summed E-state index contributed by atoms with van der Waals surface area (Å²) in [6.07, 6.45) is 18.5. The summed E-state index contributed by atoms with van der Waals surface area (Å²) in [4.78, 5) is 21.3. The zero-order chi connectivity index (χ0) is 38.5. The lowest BCUT2D eigenvalue weighted by Crippen LogP contribution is -2.50. The third-order valence-electron chi connectivity index (χ3n) is 14.6. The van der Waals surface area contributed by atoms with Crippen LogP contribution in [0.4, 0.5) is 0 Å². The Bertz CT molecular complexity index is 1320. The standard InChI is InChI=1S/C44H75N4O4P/c1-11-36-27-37(52-53(51-25-13-24-45)48(31(4)5)32(6)7)28-47(36)42(49)29-50-46-35-20-22-43(9)34(26-35)16-17-38-40-19-18-39(33(8)15-12-14-30(2)3)44(40,10)23-21-41(38)43/h16,30-33,36-41H,11-15,17-23,25-29H2,1-10H3/b46-35+/t33-,36-,37-,38+,39-,40+,41+,43+,44-,53?/m1/s1. The number of nitrogens with zero attached hydrogens (tertiary/aromatic N) is 4. The lowest BCUT2D eigenvalue weighted by Gasteiger charge is -2.58. The number of likely N-dealkylation sites (tertiary alicyclic amines) is 1. The van der Waals surface area contributed by atoms with Gasteiger partial charge in [-0.3, -0.25) is 4.79 Å². The Morgan fingerprint density at radius 3 is 2.51 bits per heavy atom. The number of rotatable bonds is 17. The average Bonchev–Trinajstić information content (AvgIpc) is 3.68. The van der Waals surface area contributed by atoms with Crippen molar-refractivity contribution in [2.45, 2.75) is 183 Å². The molecule has 1 heterocycles. The minimum Gasteiger partial charge on any atom is -0.386 e. The van der Waals surface area contributed by atoms with Crippen LogP contribution in [0.1, 0.15) is 159 Å². The molecule has 300 valence electrons. The Balaban J connectivity index is 1.15. The van der Waals surface area contributed by atoms with Crippen molar-refractivity contribution in [1.82, 2.24) is 9.57 Å². The van der Waals surface area contributed by atoms with Crippen molar-refractivity contribution >= 4 is 20.1 Å². The van der Waals surface area contributed by atoms with Crippen molar-refractivity contribution in [2.24, 2.45) is 51.5 Å². The zero-order valence-corrected chi connectivity index (χ0v) is 36.1. The normalized spacial score (nSPS) is 34.6. The molecule has 1 unspecified atom stereocenters. The van der Waals surface area contributed by atoms with Gasteiger partial charge in [0.1, 0.15) is 0 Å². The Kier molecular flexibility index (Phi) is 15.0. The van der Waals surface area contributed by atoms with Crippen LogP contribution in [0.3, 0.4) is 0 Å². The summed E-state index contributed by atoms with van der Waals surface area (Å²) in [7, 11) is -1.35. The van der Waals surface area contributed by atoms with E-state index < -0.39 is 8.53 Å². The molecule has 4 fully saturated rings. The van der Waals surface area contributed by atoms with E-state index in [2.05, 4.69) is 91.2 Å². The third kappa shape index (κ3) is 9.55. The summed E-state index contributed by atoms with van der Waals surface area (Å²) >= 11 is 0. The Labute approximate surface area is 325 Å². The van der Waals surface area contributed by atoms with Crippen LogP contribution in [-0.2, 0) is 18.7 Å². The quantitative estimate of drug-likeness (QED) is 0.0636. The average molecular weight is 755 g/mol. The number of fused-ring (bicyclic) bond motifs is 5. The molecule has 5 rings (SSSR count). The molecule has 0 spiro atoms. The highest BCUT2D eigenvalue weighted by atomic mass is 31.2. The minimum absolute atomic E-state index is 0.0265. The second kappa shape index (κ2) is 18.6. The van der Waals surface area contributed by atoms with E-state index in [4.69, 9.17) is 19.1 Å². The van der Waals surface area contributed by atoms with Crippen molar-refractivity contribution in [1.29, 1.82) is 5.26 Å². The van der Waals surface area contributed by atoms with Gasteiger partial charge in [0.25, 0.3) is 14.4 Å². The minimum atomic E-state index is -1.35. The van der Waals surface area contributed by atoms with Gasteiger partial charge in [-0.05, 0) is 132 Å². The molecule has 3 saturated carbocycles. The smallest absolute Gasteiger partial charge is 0.263 e. The summed E-state index contributed by atoms with van der Waals surface area (Å²) in [5, 5.41) is 13.7. The highest BCUT2D eigenvalue weighted by Crippen LogP contribution is 2.67. The second-order valence-electron chi connectivity index (χ2n) is 19.0. The van der Waals surface area contributed by atoms with Crippen molar-refractivity contribution in [3.8, 4) is 6.07 Å². The van der Waals surface area contributed by atoms with Gasteiger partial charge in [0, 0.05) is 31.1 Å². The van der Waals surface area contributed by atoms with E-state index in [-0.39, 0.29) is 42.2 Å². The van der Waals surface area contributed by atoms with Gasteiger partial charge in [-0.25, -0.2) is 4.67 Å². The molecular formula is C44H75N4O4P. The first-order valence-electron chi connectivity index (χ1n) is 21.6. The van der Waals surface area contributed by atoms with Gasteiger partial charge >= 0.3 is 0 Å². The van der Waals surface area contributed by atoms with Crippen molar-refractivity contribution in [3.05, 3.63) is 11.6 Å². The number of allylic oxidation sites excluding steroid dienone is 2. The lowest BCUT2D eigenvalue weighted by molar-refractivity contribution is -0.137. The summed E-state index contributed by atoms with van der Waals surface area (Å²) in [6, 6.07) is 2.74. The van der Waals surface area contributed by atoms with Crippen LogP contribution in [0, 0.1) is 57.7 Å². The molecule has 4 aliphatic carbocycles. The van der Waals surface area contributed by atoms with Gasteiger partial charge in [-0.2, -0.15) is 5.26 Å². The van der Waals surface area contributed by atoms with Gasteiger partial charge in [-0.15, -0.1) is 0 Å². The van der Waals surface area contributed by atoms with E-state index >= 15 is 0 Å². The first kappa shape index (κ1) is 42.6. The van der Waals surface area contributed by atoms with E-state index in [1.54, 1.807) is 5.57 Å². The van der Waals surface area contributed by atoms with Crippen LogP contribution in [0.5, 0.6) is 0 Å². The van der Waals surface area contributed by atoms with Gasteiger partial charge in [0.15, 0.2) is 6.61 Å². The predicted octanol–water partition coefficient (Wildman–Crippen LogP) is 11.1. The molecule has 1 amide bonds. The fourth-order valence-corrected chi connectivity index (χ4v) is 13.6. The molecule has 0 N–H and O–H groups in total. The summed E-state index contributed by atoms with van der Waals surface area (Å²) < 4.78 is 15.0. The van der Waals surface area contributed by atoms with Crippen LogP contribution >= 0.6 is 8.53 Å². The zero-order valence-electron chi connectivity index (χ0n) is 35.2. The molecule has 10 atom stereocenters. The lowest BCUT2D eigenvalue weighted by atomic mass is 9.47. The topological polar surface area (TPSA) is 87.4 Å². The molecule has 0 aromatic carbocycles. The molecule has 9 heteroatoms. The number of nitriles is 1. The fraction of sp³-hybridized carbons (Fsp3) is 0.886. The van der Waals surface area contributed by atoms with Gasteiger partial charge in [0.05, 0.1) is 30.9 Å². The summed E-state index contributed by atoms with van der Waals surface area (Å²) in [6.45, 7) is 24.1. The Morgan fingerprint density at radius 2 is 1.83 bits per heavy atom. The van der Waals surface area contributed by atoms with E-state index in [0.717, 1.165) is 73.3 Å². The van der Waals surface area contributed by atoms with Crippen molar-refractivity contribution in [3.63, 3.8) is 0 Å². The molecule has 8 nitrogen and oxygen atoms in total. The van der Waals surface area contributed by atoms with Gasteiger partial charge in [-0.1, -0.05) is 77.6 Å². The Morgan fingerprint density at radius 1 is 1.08 bits per heavy atom. The molecule has 0 bridgehead atoms. The number of hydrogen-bond acceptors (Lipinski definition) is 7. The maximum Gasteiger partial charge on any atom is 0.263 e. The van der Waals surface area contributed by atoms with E-state index in [1.807, 2.05) is 4.90 Å². The number of oxime groups is 1. The van der Waals surface area contributed by atoms with Crippen molar-refractivity contribution < 1.29 is 18.7 Å². The number of hydrogen-bond donors (Lipinski definition) is 0. The fourth-order valence-electron chi connectivity index (χ4n) is 11.9. The monoisotopic (exact) mass is 755 g/mol. The predicted molar refractivity (Wildman–Crippen MR) is 217 cm³/mol. The van der Waals surface area contributed by atoms with E-state index in [0.29, 0.717) is 25.0 Å². The van der Waals surface area contributed by atoms with E-state index in [1.165, 1.54) is 51.4 Å². The maximum atomic E-state index is 13.5. The Hall–Kier alpha value is -1.52. The molecule has 1 saturated heterocycles. The van der Waals surface area contributed by atoms with Crippen LogP contribution in [0.25, 0.3) is 0 Å². The van der Waals surface area contributed by atoms with Crippen LogP contribution in [0.15, 0.2) is 16.8 Å². The molecule has 0 aromatic rings. The van der Waals surface area contributed by atoms with Crippen molar-refractivity contribution in [2.75, 3.05) is 19.8 Å². The second-order valence-corrected chi connectivity index (χ2v) is 20.4. The molecular weight excluding hydrogens is 679 g/mol. The van der Waals surface area contributed by atoms with Crippen LogP contribution < -0.4 is 0 Å². The third-order valence-corrected chi connectivity index (χ3v) is 16.8. The number of carbonyl (C=O) groups is 1.